The van der Waals surface area contributed by atoms with E-state index in [1.807, 2.05) is 6.20 Å². The lowest BCUT2D eigenvalue weighted by molar-refractivity contribution is -0.0507. The Kier molecular flexibility index (Phi) is 9.04. The van der Waals surface area contributed by atoms with E-state index < -0.39 is 77.2 Å². The second kappa shape index (κ2) is 12.0. The van der Waals surface area contributed by atoms with Crippen LogP contribution < -0.4 is 5.32 Å². The molecule has 2 fully saturated rings. The van der Waals surface area contributed by atoms with Crippen LogP contribution in [-0.4, -0.2) is 97.2 Å². The smallest absolute Gasteiger partial charge is 0.386 e. The predicted octanol–water partition coefficient (Wildman–Crippen LogP) is 0.785. The van der Waals surface area contributed by atoms with Crippen LogP contribution in [0, 0.1) is 0 Å². The van der Waals surface area contributed by atoms with E-state index in [0.29, 0.717) is 11.5 Å². The Morgan fingerprint density at radius 1 is 1.23 bits per heavy atom. The minimum atomic E-state index is -4.19. The van der Waals surface area contributed by atoms with Crippen molar-refractivity contribution >= 4 is 44.2 Å². The van der Waals surface area contributed by atoms with Crippen LogP contribution in [0.5, 0.6) is 0 Å². The number of ether oxygens (including phenoxy) is 2. The third kappa shape index (κ3) is 6.08. The lowest BCUT2D eigenvalue weighted by Crippen LogP contribution is -2.36. The first-order valence-electron chi connectivity index (χ1n) is 12.5. The zero-order valence-corrected chi connectivity index (χ0v) is 23.7. The van der Waals surface area contributed by atoms with Gasteiger partial charge in [0, 0.05) is 12.7 Å². The van der Waals surface area contributed by atoms with E-state index >= 15 is 0 Å². The number of thiol groups is 1. The van der Waals surface area contributed by atoms with Crippen LogP contribution in [0.1, 0.15) is 31.6 Å². The molecule has 3 aliphatic heterocycles. The molecule has 10 atom stereocenters. The van der Waals surface area contributed by atoms with Gasteiger partial charge in [0.05, 0.1) is 24.7 Å². The largest absolute Gasteiger partial charge is 0.394 e. The first kappa shape index (κ1) is 29.4. The topological polar surface area (TPSA) is 204 Å². The van der Waals surface area contributed by atoms with E-state index in [1.165, 1.54) is 6.33 Å². The Hall–Kier alpha value is -1.13. The van der Waals surface area contributed by atoms with Gasteiger partial charge in [0.1, 0.15) is 54.4 Å². The van der Waals surface area contributed by atoms with Gasteiger partial charge in [-0.05, 0) is 31.7 Å². The van der Waals surface area contributed by atoms with Gasteiger partial charge >= 0.3 is 15.1 Å². The molecule has 218 valence electrons. The highest BCUT2D eigenvalue weighted by Gasteiger charge is 2.49. The maximum Gasteiger partial charge on any atom is 0.386 e. The fraction of sp³-hybridized carbons (Fsp3) is 0.714. The molecule has 5 N–H and O–H groups in total. The summed E-state index contributed by atoms with van der Waals surface area (Å²) in [5, 5.41) is 35.6. The SMILES string of the molecule is C[C@@H]1O[C@H](COP(=O)(S)O[C@H]2[C@@H](O)[C@H](n3cc4c5c(ncnc53)NCCCC4)O[C@@H]2CO)[C@@H](O)[C@H]1O[PH](=O)O. The highest BCUT2D eigenvalue weighted by atomic mass is 32.7. The van der Waals surface area contributed by atoms with Crippen molar-refractivity contribution < 1.29 is 52.4 Å². The van der Waals surface area contributed by atoms with Crippen molar-refractivity contribution in [3.63, 3.8) is 0 Å². The highest BCUT2D eigenvalue weighted by Crippen LogP contribution is 2.56. The fourth-order valence-electron chi connectivity index (χ4n) is 5.25. The minimum Gasteiger partial charge on any atom is -0.394 e. The Balaban J connectivity index is 1.30. The summed E-state index contributed by atoms with van der Waals surface area (Å²) in [6.07, 6.45) is -3.02. The third-order valence-corrected chi connectivity index (χ3v) is 9.17. The summed E-state index contributed by atoms with van der Waals surface area (Å²) >= 11 is 4.00. The average Bonchev–Trinajstić information content (AvgIpc) is 3.48. The van der Waals surface area contributed by atoms with Crippen LogP contribution in [0.4, 0.5) is 5.82 Å². The molecular formula is C21H32N4O11P2S. The zero-order valence-electron chi connectivity index (χ0n) is 20.9. The molecule has 0 radical (unpaired) electrons. The van der Waals surface area contributed by atoms with Crippen LogP contribution >= 0.6 is 27.3 Å². The first-order chi connectivity index (χ1) is 18.6. The van der Waals surface area contributed by atoms with E-state index in [2.05, 4.69) is 27.5 Å². The Labute approximate surface area is 229 Å². The second-order valence-corrected chi connectivity index (χ2v) is 13.3. The summed E-state index contributed by atoms with van der Waals surface area (Å²) in [5.41, 5.74) is 1.51. The van der Waals surface area contributed by atoms with Gasteiger partial charge < -0.3 is 44.1 Å². The molecule has 5 rings (SSSR count). The lowest BCUT2D eigenvalue weighted by Gasteiger charge is -2.24. The molecule has 0 aliphatic carbocycles. The van der Waals surface area contributed by atoms with Gasteiger partial charge in [-0.3, -0.25) is 13.6 Å². The second-order valence-electron chi connectivity index (χ2n) is 9.66. The highest BCUT2D eigenvalue weighted by molar-refractivity contribution is 8.44. The Bertz CT molecular complexity index is 1250. The molecule has 18 heteroatoms. The van der Waals surface area contributed by atoms with Gasteiger partial charge in [-0.2, -0.15) is 0 Å². The van der Waals surface area contributed by atoms with Gasteiger partial charge in [0.15, 0.2) is 6.23 Å². The molecule has 0 spiro atoms. The van der Waals surface area contributed by atoms with Crippen molar-refractivity contribution in [2.75, 3.05) is 25.1 Å². The van der Waals surface area contributed by atoms with E-state index in [-0.39, 0.29) is 0 Å². The lowest BCUT2D eigenvalue weighted by atomic mass is 10.1. The summed E-state index contributed by atoms with van der Waals surface area (Å²) in [7, 11) is -3.33. The quantitative estimate of drug-likeness (QED) is 0.172. The van der Waals surface area contributed by atoms with Gasteiger partial charge in [0.2, 0.25) is 0 Å². The van der Waals surface area contributed by atoms with Gasteiger partial charge in [-0.15, -0.1) is 0 Å². The van der Waals surface area contributed by atoms with Gasteiger partial charge in [0.25, 0.3) is 0 Å². The molecule has 39 heavy (non-hydrogen) atoms. The number of aliphatic hydroxyl groups is 3. The summed E-state index contributed by atoms with van der Waals surface area (Å²) in [5.74, 6) is 0.686. The summed E-state index contributed by atoms with van der Waals surface area (Å²) in [6.45, 7) is -2.88. The molecule has 15 nitrogen and oxygen atoms in total. The third-order valence-electron chi connectivity index (χ3n) is 7.08. The number of hydrogen-bond donors (Lipinski definition) is 6. The van der Waals surface area contributed by atoms with Crippen LogP contribution in [0.15, 0.2) is 12.5 Å². The fourth-order valence-corrected chi connectivity index (χ4v) is 7.30. The zero-order chi connectivity index (χ0) is 27.9. The molecule has 0 aromatic carbocycles. The average molecular weight is 611 g/mol. The molecule has 0 amide bonds. The normalized spacial score (nSPS) is 35.3. The van der Waals surface area contributed by atoms with Crippen LogP contribution in [0.2, 0.25) is 0 Å². The van der Waals surface area contributed by atoms with Crippen molar-refractivity contribution in [3.05, 3.63) is 18.1 Å². The van der Waals surface area contributed by atoms with Gasteiger partial charge in [-0.1, -0.05) is 12.2 Å². The van der Waals surface area contributed by atoms with Crippen molar-refractivity contribution in [3.8, 4) is 0 Å². The number of rotatable bonds is 9. The molecule has 5 heterocycles. The number of anilines is 1. The minimum absolute atomic E-state index is 0.451. The monoisotopic (exact) mass is 610 g/mol. The molecule has 3 aliphatic rings. The number of hydrogen-bond acceptors (Lipinski definition) is 13. The molecule has 0 bridgehead atoms. The molecule has 2 saturated heterocycles. The maximum absolute atomic E-state index is 13.1. The van der Waals surface area contributed by atoms with Crippen molar-refractivity contribution in [2.24, 2.45) is 0 Å². The number of nitrogens with one attached hydrogen (secondary N) is 1. The number of aromatic nitrogens is 3. The van der Waals surface area contributed by atoms with Crippen LogP contribution in [0.25, 0.3) is 11.0 Å². The summed E-state index contributed by atoms with van der Waals surface area (Å²) in [6, 6.07) is 0. The molecular weight excluding hydrogens is 578 g/mol. The molecule has 2 unspecified atom stereocenters. The standard InChI is InChI=1S/C21H32N4O11P2S/c1-10-17(35-37(29)30)15(27)13(33-10)8-32-38(31,39)36-18-12(7-26)34-21(16(18)28)25-6-11-4-2-3-5-22-19-14(11)20(25)24-9-23-19/h6,9-10,12-13,15-18,21,26-28,37H,2-5,7-8H2,1H3,(H,29,30)(H,31,39)(H,22,23,24)/t10-,12+,13+,15+,16+,17-,18+,21+,38?/m0/s1. The van der Waals surface area contributed by atoms with E-state index in [0.717, 1.165) is 36.8 Å². The molecule has 2 aromatic rings. The number of aryl methyl sites for hydroxylation is 1. The maximum atomic E-state index is 13.1. The van der Waals surface area contributed by atoms with Crippen LogP contribution in [0.3, 0.4) is 0 Å². The van der Waals surface area contributed by atoms with Gasteiger partial charge in [-0.25, -0.2) is 14.5 Å². The summed E-state index contributed by atoms with van der Waals surface area (Å²) in [4.78, 5) is 17.8. The number of aliphatic hydroxyl groups excluding tert-OH is 3. The van der Waals surface area contributed by atoms with Crippen molar-refractivity contribution in [1.82, 2.24) is 14.5 Å². The first-order valence-corrected chi connectivity index (χ1v) is 16.5. The molecule has 2 aromatic heterocycles. The predicted molar refractivity (Wildman–Crippen MR) is 140 cm³/mol. The van der Waals surface area contributed by atoms with E-state index in [9.17, 15) is 24.4 Å². The summed E-state index contributed by atoms with van der Waals surface area (Å²) < 4.78 is 52.9. The molecule has 0 saturated carbocycles. The van der Waals surface area contributed by atoms with E-state index in [1.54, 1.807) is 11.5 Å². The van der Waals surface area contributed by atoms with Crippen molar-refractivity contribution in [1.29, 1.82) is 0 Å². The van der Waals surface area contributed by atoms with Crippen LogP contribution in [-0.2, 0) is 38.6 Å². The Morgan fingerprint density at radius 3 is 2.77 bits per heavy atom. The number of nitrogens with zero attached hydrogens (tertiary/aromatic N) is 3. The Morgan fingerprint density at radius 2 is 2.03 bits per heavy atom. The van der Waals surface area contributed by atoms with Crippen molar-refractivity contribution in [2.45, 2.75) is 75.1 Å². The van der Waals surface area contributed by atoms with E-state index in [4.69, 9.17) is 27.9 Å².